The summed E-state index contributed by atoms with van der Waals surface area (Å²) in [7, 11) is 1.55. The minimum absolute atomic E-state index is 0.184. The normalized spacial score (nSPS) is 15.7. The lowest BCUT2D eigenvalue weighted by Crippen LogP contribution is -2.51. The quantitative estimate of drug-likeness (QED) is 0.421. The van der Waals surface area contributed by atoms with E-state index in [0.717, 1.165) is 22.3 Å². The summed E-state index contributed by atoms with van der Waals surface area (Å²) >= 11 is 0. The van der Waals surface area contributed by atoms with Crippen LogP contribution in [0, 0.1) is 19.7 Å². The molecule has 0 amide bonds. The molecule has 1 aliphatic rings. The van der Waals surface area contributed by atoms with Crippen molar-refractivity contribution in [3.05, 3.63) is 99.4 Å². The van der Waals surface area contributed by atoms with Crippen LogP contribution in [-0.2, 0) is 28.7 Å². The molecule has 3 N–H and O–H groups in total. The van der Waals surface area contributed by atoms with Gasteiger partial charge in [-0.3, -0.25) is 0 Å². The number of rotatable bonds is 8. The number of hydrogen-bond acceptors (Lipinski definition) is 5. The van der Waals surface area contributed by atoms with Gasteiger partial charge < -0.3 is 20.3 Å². The smallest absolute Gasteiger partial charge is 0.338 e. The fourth-order valence-electron chi connectivity index (χ4n) is 5.33. The Labute approximate surface area is 212 Å². The first kappa shape index (κ1) is 25.9. The van der Waals surface area contributed by atoms with Crippen molar-refractivity contribution in [3.63, 3.8) is 0 Å². The second-order valence-corrected chi connectivity index (χ2v) is 10.6. The number of cyclic esters (lactones) is 1. The fraction of sp³-hybridized carbons (Fsp3) is 0.367. The van der Waals surface area contributed by atoms with E-state index in [-0.39, 0.29) is 24.8 Å². The Morgan fingerprint density at radius 3 is 2.44 bits per heavy atom. The molecule has 0 aliphatic carbocycles. The molecule has 190 valence electrons. The van der Waals surface area contributed by atoms with E-state index in [1.54, 1.807) is 25.3 Å². The lowest BCUT2D eigenvalue weighted by atomic mass is 9.71. The second-order valence-electron chi connectivity index (χ2n) is 10.6. The first-order valence-electron chi connectivity index (χ1n) is 12.1. The minimum Gasteiger partial charge on any atom is -0.496 e. The van der Waals surface area contributed by atoms with Crippen LogP contribution in [0.2, 0.25) is 0 Å². The topological polar surface area (TPSA) is 81.8 Å². The third kappa shape index (κ3) is 5.01. The maximum atomic E-state index is 14.2. The van der Waals surface area contributed by atoms with E-state index < -0.39 is 17.1 Å². The molecule has 0 saturated heterocycles. The van der Waals surface area contributed by atoms with Crippen molar-refractivity contribution in [1.29, 1.82) is 0 Å². The number of hydrogen-bond donors (Lipinski definition) is 2. The third-order valence-corrected chi connectivity index (χ3v) is 7.19. The highest BCUT2D eigenvalue weighted by Gasteiger charge is 2.41. The molecule has 3 aromatic carbocycles. The zero-order valence-electron chi connectivity index (χ0n) is 21.5. The van der Waals surface area contributed by atoms with Crippen molar-refractivity contribution in [1.82, 2.24) is 0 Å². The van der Waals surface area contributed by atoms with Crippen molar-refractivity contribution in [2.24, 2.45) is 5.73 Å². The van der Waals surface area contributed by atoms with Gasteiger partial charge in [0.1, 0.15) is 18.2 Å². The van der Waals surface area contributed by atoms with Crippen LogP contribution in [0.25, 0.3) is 0 Å². The van der Waals surface area contributed by atoms with E-state index >= 15 is 0 Å². The lowest BCUT2D eigenvalue weighted by Gasteiger charge is -2.40. The Hall–Kier alpha value is -3.22. The van der Waals surface area contributed by atoms with Crippen molar-refractivity contribution in [2.75, 3.05) is 7.11 Å². The van der Waals surface area contributed by atoms with Crippen LogP contribution in [0.5, 0.6) is 5.75 Å². The fourth-order valence-corrected chi connectivity index (χ4v) is 5.33. The van der Waals surface area contributed by atoms with Crippen LogP contribution < -0.4 is 10.5 Å². The molecule has 2 unspecified atom stereocenters. The van der Waals surface area contributed by atoms with Crippen LogP contribution in [0.15, 0.2) is 54.6 Å². The molecule has 1 aliphatic heterocycles. The maximum absolute atomic E-state index is 14.2. The van der Waals surface area contributed by atoms with Gasteiger partial charge in [0.25, 0.3) is 0 Å². The largest absolute Gasteiger partial charge is 0.496 e. The number of aliphatic hydroxyl groups excluding tert-OH is 1. The van der Waals surface area contributed by atoms with E-state index in [2.05, 4.69) is 18.2 Å². The van der Waals surface area contributed by atoms with Crippen LogP contribution in [0.1, 0.15) is 64.0 Å². The molecule has 3 aromatic rings. The molecule has 0 aromatic heterocycles. The number of benzene rings is 3. The monoisotopic (exact) mass is 491 g/mol. The molecule has 0 fully saturated rings. The number of aliphatic hydroxyl groups is 1. The van der Waals surface area contributed by atoms with E-state index in [9.17, 15) is 14.3 Å². The van der Waals surface area contributed by atoms with Crippen LogP contribution in [0.4, 0.5) is 4.39 Å². The van der Waals surface area contributed by atoms with Crippen molar-refractivity contribution < 1.29 is 23.8 Å². The van der Waals surface area contributed by atoms with Gasteiger partial charge in [-0.2, -0.15) is 0 Å². The zero-order valence-corrected chi connectivity index (χ0v) is 21.5. The van der Waals surface area contributed by atoms with Gasteiger partial charge in [-0.05, 0) is 73.6 Å². The maximum Gasteiger partial charge on any atom is 0.338 e. The van der Waals surface area contributed by atoms with Gasteiger partial charge in [0.05, 0.1) is 24.3 Å². The molecule has 6 heteroatoms. The van der Waals surface area contributed by atoms with E-state index in [4.69, 9.17) is 15.2 Å². The predicted octanol–water partition coefficient (Wildman–Crippen LogP) is 5.25. The Kier molecular flexibility index (Phi) is 6.95. The van der Waals surface area contributed by atoms with Gasteiger partial charge in [0.2, 0.25) is 0 Å². The third-order valence-electron chi connectivity index (χ3n) is 7.19. The van der Waals surface area contributed by atoms with Crippen molar-refractivity contribution >= 4 is 5.97 Å². The lowest BCUT2D eigenvalue weighted by molar-refractivity contribution is 0.0531. The molecular weight excluding hydrogens is 457 g/mol. The van der Waals surface area contributed by atoms with E-state index in [1.807, 2.05) is 33.8 Å². The summed E-state index contributed by atoms with van der Waals surface area (Å²) in [5.74, 6) is -0.169. The number of nitrogens with two attached hydrogens (primary N) is 1. The average molecular weight is 492 g/mol. The van der Waals surface area contributed by atoms with Crippen LogP contribution in [0.3, 0.4) is 0 Å². The molecule has 5 nitrogen and oxygen atoms in total. The number of fused-ring (bicyclic) bond motifs is 1. The number of carbonyl (C=O) groups is 1. The van der Waals surface area contributed by atoms with Crippen molar-refractivity contribution in [3.8, 4) is 5.75 Å². The van der Waals surface area contributed by atoms with Gasteiger partial charge in [-0.15, -0.1) is 0 Å². The summed E-state index contributed by atoms with van der Waals surface area (Å²) in [6.07, 6.45) is -0.376. The van der Waals surface area contributed by atoms with Gasteiger partial charge in [0.15, 0.2) is 0 Å². The number of methoxy groups -OCH3 is 1. The highest BCUT2D eigenvalue weighted by atomic mass is 19.1. The Bertz CT molecular complexity index is 1280. The number of esters is 1. The molecule has 2 atom stereocenters. The Morgan fingerprint density at radius 2 is 1.78 bits per heavy atom. The molecular formula is C30H34FNO4. The first-order chi connectivity index (χ1) is 16.9. The molecule has 0 radical (unpaired) electrons. The molecule has 4 rings (SSSR count). The summed E-state index contributed by atoms with van der Waals surface area (Å²) < 4.78 is 24.9. The van der Waals surface area contributed by atoms with E-state index in [0.29, 0.717) is 28.9 Å². The van der Waals surface area contributed by atoms with Gasteiger partial charge >= 0.3 is 5.97 Å². The Morgan fingerprint density at radius 1 is 1.08 bits per heavy atom. The number of halogens is 1. The standard InChI is InChI=1S/C30H34FNO4/c1-18-10-19(2)12-20(11-18)15-30(32,22-6-8-24-21(13-22)17-36-28(24)34)27(33)16-29(3,4)25-14-23(31)7-9-26(25)35-5/h6-14,27,33H,15-17,32H2,1-5H3. The number of aryl methyl sites for hydroxylation is 2. The van der Waals surface area contributed by atoms with Gasteiger partial charge in [-0.1, -0.05) is 49.2 Å². The highest BCUT2D eigenvalue weighted by molar-refractivity contribution is 5.93. The van der Waals surface area contributed by atoms with Gasteiger partial charge in [0, 0.05) is 11.1 Å². The summed E-state index contributed by atoms with van der Waals surface area (Å²) in [6.45, 7) is 8.13. The molecule has 0 saturated carbocycles. The van der Waals surface area contributed by atoms with Crippen molar-refractivity contribution in [2.45, 2.75) is 64.2 Å². The minimum atomic E-state index is -1.18. The van der Waals surface area contributed by atoms with Crippen LogP contribution >= 0.6 is 0 Å². The molecule has 0 spiro atoms. The van der Waals surface area contributed by atoms with E-state index in [1.165, 1.54) is 12.1 Å². The predicted molar refractivity (Wildman–Crippen MR) is 138 cm³/mol. The van der Waals surface area contributed by atoms with Crippen LogP contribution in [-0.4, -0.2) is 24.3 Å². The number of carbonyl (C=O) groups excluding carboxylic acids is 1. The Balaban J connectivity index is 1.76. The SMILES string of the molecule is COc1ccc(F)cc1C(C)(C)CC(O)C(N)(Cc1cc(C)cc(C)c1)c1ccc2c(c1)COC2=O. The summed E-state index contributed by atoms with van der Waals surface area (Å²) in [5.41, 5.74) is 11.2. The molecule has 1 heterocycles. The summed E-state index contributed by atoms with van der Waals surface area (Å²) in [6, 6.07) is 16.0. The highest BCUT2D eigenvalue weighted by Crippen LogP contribution is 2.40. The summed E-state index contributed by atoms with van der Waals surface area (Å²) in [4.78, 5) is 12.0. The van der Waals surface area contributed by atoms with Gasteiger partial charge in [-0.25, -0.2) is 9.18 Å². The molecule has 0 bridgehead atoms. The summed E-state index contributed by atoms with van der Waals surface area (Å²) in [5, 5.41) is 11.8. The zero-order chi connectivity index (χ0) is 26.3. The molecule has 36 heavy (non-hydrogen) atoms. The average Bonchev–Trinajstić information content (AvgIpc) is 3.18. The number of ether oxygens (including phenoxy) is 2. The first-order valence-corrected chi connectivity index (χ1v) is 12.1. The second kappa shape index (κ2) is 9.68.